The summed E-state index contributed by atoms with van der Waals surface area (Å²) in [6, 6.07) is 3.82. The minimum absolute atomic E-state index is 0.192. The van der Waals surface area contributed by atoms with Gasteiger partial charge in [0.15, 0.2) is 0 Å². The first kappa shape index (κ1) is 11.3. The van der Waals surface area contributed by atoms with Crippen molar-refractivity contribution in [2.45, 2.75) is 52.1 Å². The Bertz CT molecular complexity index is 398. The molecule has 16 heavy (non-hydrogen) atoms. The number of ether oxygens (including phenoxy) is 1. The molecule has 1 N–H and O–H groups in total. The zero-order chi connectivity index (χ0) is 11.9. The number of phenols is 1. The van der Waals surface area contributed by atoms with Gasteiger partial charge in [-0.05, 0) is 64.2 Å². The molecule has 0 amide bonds. The van der Waals surface area contributed by atoms with Crippen LogP contribution >= 0.6 is 0 Å². The van der Waals surface area contributed by atoms with Crippen molar-refractivity contribution in [1.82, 2.24) is 0 Å². The summed E-state index contributed by atoms with van der Waals surface area (Å²) in [7, 11) is 0. The van der Waals surface area contributed by atoms with Crippen molar-refractivity contribution in [3.8, 4) is 11.5 Å². The van der Waals surface area contributed by atoms with Crippen LogP contribution in [0.3, 0.4) is 0 Å². The molecule has 88 valence electrons. The van der Waals surface area contributed by atoms with Gasteiger partial charge in [0, 0.05) is 5.56 Å². The van der Waals surface area contributed by atoms with E-state index in [2.05, 4.69) is 0 Å². The van der Waals surface area contributed by atoms with Crippen LogP contribution in [0.2, 0.25) is 0 Å². The number of aryl methyl sites for hydroxylation is 1. The van der Waals surface area contributed by atoms with Gasteiger partial charge in [-0.2, -0.15) is 0 Å². The van der Waals surface area contributed by atoms with Gasteiger partial charge < -0.3 is 9.84 Å². The predicted molar refractivity (Wildman–Crippen MR) is 65.2 cm³/mol. The molecule has 0 radical (unpaired) electrons. The van der Waals surface area contributed by atoms with Crippen LogP contribution in [0.15, 0.2) is 12.1 Å². The van der Waals surface area contributed by atoms with E-state index < -0.39 is 0 Å². The summed E-state index contributed by atoms with van der Waals surface area (Å²) in [6.45, 7) is 8.08. The quantitative estimate of drug-likeness (QED) is 0.822. The maximum absolute atomic E-state index is 9.87. The first-order valence-electron chi connectivity index (χ1n) is 5.89. The third-order valence-corrected chi connectivity index (χ3v) is 2.76. The minimum atomic E-state index is -0.192. The SMILES string of the molecule is Cc1cc(O)c(C2CC2)cc1OC(C)(C)C. The van der Waals surface area contributed by atoms with Gasteiger partial charge in [-0.3, -0.25) is 0 Å². The van der Waals surface area contributed by atoms with Crippen molar-refractivity contribution in [2.75, 3.05) is 0 Å². The second-order valence-corrected chi connectivity index (χ2v) is 5.67. The average Bonchev–Trinajstić information content (AvgIpc) is 2.90. The monoisotopic (exact) mass is 220 g/mol. The largest absolute Gasteiger partial charge is 0.508 e. The van der Waals surface area contributed by atoms with Crippen molar-refractivity contribution in [2.24, 2.45) is 0 Å². The molecule has 1 aromatic carbocycles. The molecule has 1 aliphatic carbocycles. The Balaban J connectivity index is 2.33. The molecule has 1 aliphatic rings. The topological polar surface area (TPSA) is 29.5 Å². The normalized spacial score (nSPS) is 16.2. The fourth-order valence-corrected chi connectivity index (χ4v) is 1.85. The summed E-state index contributed by atoms with van der Waals surface area (Å²) in [5, 5.41) is 9.87. The minimum Gasteiger partial charge on any atom is -0.508 e. The fourth-order valence-electron chi connectivity index (χ4n) is 1.85. The molecule has 0 bridgehead atoms. The molecule has 0 aromatic heterocycles. The molecule has 0 unspecified atom stereocenters. The van der Waals surface area contributed by atoms with E-state index in [1.54, 1.807) is 0 Å². The van der Waals surface area contributed by atoms with E-state index >= 15 is 0 Å². The second-order valence-electron chi connectivity index (χ2n) is 5.67. The molecule has 2 heteroatoms. The van der Waals surface area contributed by atoms with E-state index in [4.69, 9.17) is 4.74 Å². The van der Waals surface area contributed by atoms with E-state index in [1.165, 1.54) is 12.8 Å². The molecule has 0 saturated heterocycles. The molecule has 2 nitrogen and oxygen atoms in total. The molecule has 0 spiro atoms. The zero-order valence-electron chi connectivity index (χ0n) is 10.5. The van der Waals surface area contributed by atoms with E-state index in [-0.39, 0.29) is 5.60 Å². The van der Waals surface area contributed by atoms with Crippen LogP contribution < -0.4 is 4.74 Å². The van der Waals surface area contributed by atoms with Crippen molar-refractivity contribution in [3.63, 3.8) is 0 Å². The van der Waals surface area contributed by atoms with Gasteiger partial charge in [-0.1, -0.05) is 0 Å². The van der Waals surface area contributed by atoms with Crippen LogP contribution in [0.5, 0.6) is 11.5 Å². The Labute approximate surface area is 97.3 Å². The Hall–Kier alpha value is -1.18. The molecule has 0 heterocycles. The number of aromatic hydroxyl groups is 1. The number of benzene rings is 1. The first-order valence-corrected chi connectivity index (χ1v) is 5.89. The molecule has 1 saturated carbocycles. The second kappa shape index (κ2) is 3.69. The van der Waals surface area contributed by atoms with Crippen molar-refractivity contribution in [3.05, 3.63) is 23.3 Å². The molecular formula is C14H20O2. The highest BCUT2D eigenvalue weighted by Gasteiger charge is 2.27. The van der Waals surface area contributed by atoms with Crippen LogP contribution in [-0.4, -0.2) is 10.7 Å². The zero-order valence-corrected chi connectivity index (χ0v) is 10.5. The van der Waals surface area contributed by atoms with E-state index in [1.807, 2.05) is 39.8 Å². The van der Waals surface area contributed by atoms with Crippen LogP contribution in [0.1, 0.15) is 50.7 Å². The van der Waals surface area contributed by atoms with Crippen molar-refractivity contribution in [1.29, 1.82) is 0 Å². The third-order valence-electron chi connectivity index (χ3n) is 2.76. The van der Waals surface area contributed by atoms with E-state index in [0.29, 0.717) is 11.7 Å². The highest BCUT2D eigenvalue weighted by Crippen LogP contribution is 2.46. The highest BCUT2D eigenvalue weighted by atomic mass is 16.5. The van der Waals surface area contributed by atoms with Crippen LogP contribution in [0.4, 0.5) is 0 Å². The number of rotatable bonds is 2. The summed E-state index contributed by atoms with van der Waals surface area (Å²) in [6.07, 6.45) is 2.37. The standard InChI is InChI=1S/C14H20O2/c1-9-7-12(15)11(10-5-6-10)8-13(9)16-14(2,3)4/h7-8,10,15H,5-6H2,1-4H3. The third kappa shape index (κ3) is 2.49. The van der Waals surface area contributed by atoms with Gasteiger partial charge in [0.2, 0.25) is 0 Å². The molecule has 0 aliphatic heterocycles. The lowest BCUT2D eigenvalue weighted by atomic mass is 10.1. The van der Waals surface area contributed by atoms with Crippen LogP contribution in [0, 0.1) is 6.92 Å². The summed E-state index contributed by atoms with van der Waals surface area (Å²) in [4.78, 5) is 0. The van der Waals surface area contributed by atoms with Crippen LogP contribution in [0.25, 0.3) is 0 Å². The maximum atomic E-state index is 9.87. The van der Waals surface area contributed by atoms with E-state index in [0.717, 1.165) is 16.9 Å². The summed E-state index contributed by atoms with van der Waals surface area (Å²) < 4.78 is 5.89. The van der Waals surface area contributed by atoms with Crippen molar-refractivity contribution < 1.29 is 9.84 Å². The summed E-state index contributed by atoms with van der Waals surface area (Å²) in [5.41, 5.74) is 1.85. The molecule has 1 fully saturated rings. The average molecular weight is 220 g/mol. The fraction of sp³-hybridized carbons (Fsp3) is 0.571. The summed E-state index contributed by atoms with van der Waals surface area (Å²) in [5.74, 6) is 1.86. The van der Waals surface area contributed by atoms with Gasteiger partial charge >= 0.3 is 0 Å². The van der Waals surface area contributed by atoms with Gasteiger partial charge in [0.1, 0.15) is 17.1 Å². The lowest BCUT2D eigenvalue weighted by Gasteiger charge is -2.23. The lowest BCUT2D eigenvalue weighted by molar-refractivity contribution is 0.129. The molecule has 0 atom stereocenters. The molecule has 2 rings (SSSR count). The lowest BCUT2D eigenvalue weighted by Crippen LogP contribution is -2.23. The Morgan fingerprint density at radius 2 is 1.88 bits per heavy atom. The Morgan fingerprint density at radius 1 is 1.25 bits per heavy atom. The molecular weight excluding hydrogens is 200 g/mol. The van der Waals surface area contributed by atoms with Crippen LogP contribution in [-0.2, 0) is 0 Å². The predicted octanol–water partition coefficient (Wildman–Crippen LogP) is 3.76. The summed E-state index contributed by atoms with van der Waals surface area (Å²) >= 11 is 0. The van der Waals surface area contributed by atoms with Gasteiger partial charge in [0.25, 0.3) is 0 Å². The van der Waals surface area contributed by atoms with Gasteiger partial charge in [-0.25, -0.2) is 0 Å². The first-order chi connectivity index (χ1) is 7.37. The molecule has 1 aromatic rings. The number of hydrogen-bond donors (Lipinski definition) is 1. The van der Waals surface area contributed by atoms with Gasteiger partial charge in [0.05, 0.1) is 0 Å². The van der Waals surface area contributed by atoms with Crippen molar-refractivity contribution >= 4 is 0 Å². The highest BCUT2D eigenvalue weighted by molar-refractivity contribution is 5.48. The van der Waals surface area contributed by atoms with Gasteiger partial charge in [-0.15, -0.1) is 0 Å². The Morgan fingerprint density at radius 3 is 2.38 bits per heavy atom. The number of hydrogen-bond acceptors (Lipinski definition) is 2. The smallest absolute Gasteiger partial charge is 0.123 e. The Kier molecular flexibility index (Phi) is 2.61. The van der Waals surface area contributed by atoms with E-state index in [9.17, 15) is 5.11 Å². The maximum Gasteiger partial charge on any atom is 0.123 e. The number of phenolic OH excluding ortho intramolecular Hbond substituents is 1.